The second kappa shape index (κ2) is 9.08. The zero-order chi connectivity index (χ0) is 18.4. The summed E-state index contributed by atoms with van der Waals surface area (Å²) in [6, 6.07) is 13.1. The average molecular weight is 356 g/mol. The molecular weight excluding hydrogens is 331 g/mol. The van der Waals surface area contributed by atoms with E-state index in [1.165, 1.54) is 0 Å². The van der Waals surface area contributed by atoms with E-state index < -0.39 is 0 Å². The van der Waals surface area contributed by atoms with E-state index in [9.17, 15) is 4.39 Å². The molecule has 0 atom stereocenters. The fraction of sp³-hybridized carbons (Fsp3) is 0.364. The van der Waals surface area contributed by atoms with Gasteiger partial charge in [0.2, 0.25) is 0 Å². The number of hydrogen-bond donors (Lipinski definition) is 0. The van der Waals surface area contributed by atoms with Crippen molar-refractivity contribution in [3.05, 3.63) is 72.1 Å². The van der Waals surface area contributed by atoms with Crippen LogP contribution in [0.25, 0.3) is 11.1 Å². The lowest BCUT2D eigenvalue weighted by Crippen LogP contribution is -2.26. The lowest BCUT2D eigenvalue weighted by Gasteiger charge is -2.29. The van der Waals surface area contributed by atoms with Gasteiger partial charge in [-0.15, -0.1) is 6.58 Å². The lowest BCUT2D eigenvalue weighted by molar-refractivity contribution is -0.205. The van der Waals surface area contributed by atoms with Crippen molar-refractivity contribution < 1.29 is 18.6 Å². The second-order valence-electron chi connectivity index (χ2n) is 6.59. The third-order valence-corrected chi connectivity index (χ3v) is 4.61. The van der Waals surface area contributed by atoms with Crippen molar-refractivity contribution in [2.24, 2.45) is 5.92 Å². The summed E-state index contributed by atoms with van der Waals surface area (Å²) in [6.07, 6.45) is 3.62. The third-order valence-electron chi connectivity index (χ3n) is 4.61. The maximum absolute atomic E-state index is 14.1. The average Bonchev–Trinajstić information content (AvgIpc) is 2.69. The highest BCUT2D eigenvalue weighted by molar-refractivity contribution is 5.64. The number of benzene rings is 2. The summed E-state index contributed by atoms with van der Waals surface area (Å²) in [7, 11) is 1.56. The molecule has 26 heavy (non-hydrogen) atoms. The van der Waals surface area contributed by atoms with Crippen LogP contribution in [0.4, 0.5) is 4.39 Å². The van der Waals surface area contributed by atoms with Crippen molar-refractivity contribution in [3.63, 3.8) is 0 Å². The lowest BCUT2D eigenvalue weighted by atomic mass is 10.0. The molecule has 2 aromatic carbocycles. The Kier molecular flexibility index (Phi) is 6.56. The molecule has 0 amide bonds. The molecule has 1 aliphatic heterocycles. The maximum atomic E-state index is 14.1. The molecule has 4 heteroatoms. The topological polar surface area (TPSA) is 27.7 Å². The largest absolute Gasteiger partial charge is 0.380 e. The van der Waals surface area contributed by atoms with Crippen molar-refractivity contribution in [2.75, 3.05) is 20.3 Å². The summed E-state index contributed by atoms with van der Waals surface area (Å²) < 4.78 is 30.8. The summed E-state index contributed by atoms with van der Waals surface area (Å²) in [4.78, 5) is 0. The van der Waals surface area contributed by atoms with Gasteiger partial charge in [0.25, 0.3) is 0 Å². The summed E-state index contributed by atoms with van der Waals surface area (Å²) in [5.41, 5.74) is 3.33. The van der Waals surface area contributed by atoms with Gasteiger partial charge in [0.05, 0.1) is 19.8 Å². The second-order valence-corrected chi connectivity index (χ2v) is 6.59. The van der Waals surface area contributed by atoms with E-state index in [0.717, 1.165) is 29.5 Å². The Balaban J connectivity index is 1.64. The first-order valence-corrected chi connectivity index (χ1v) is 8.93. The highest BCUT2D eigenvalue weighted by atomic mass is 19.1. The van der Waals surface area contributed by atoms with E-state index in [0.29, 0.717) is 24.7 Å². The molecule has 0 aliphatic carbocycles. The van der Waals surface area contributed by atoms with Crippen LogP contribution in [0.15, 0.2) is 55.1 Å². The summed E-state index contributed by atoms with van der Waals surface area (Å²) in [6.45, 7) is 5.42. The van der Waals surface area contributed by atoms with Crippen molar-refractivity contribution in [1.29, 1.82) is 0 Å². The molecule has 2 aromatic rings. The molecule has 0 aromatic heterocycles. The number of rotatable bonds is 7. The molecule has 138 valence electrons. The molecule has 0 N–H and O–H groups in total. The first-order chi connectivity index (χ1) is 12.7. The first-order valence-electron chi connectivity index (χ1n) is 8.93. The number of methoxy groups -OCH3 is 1. The van der Waals surface area contributed by atoms with Crippen LogP contribution in [-0.4, -0.2) is 20.3 Å². The van der Waals surface area contributed by atoms with Gasteiger partial charge in [-0.05, 0) is 30.0 Å². The number of halogens is 1. The molecule has 0 unspecified atom stereocenters. The normalized spacial score (nSPS) is 20.1. The Morgan fingerprint density at radius 2 is 1.81 bits per heavy atom. The SMILES string of the molecule is C=CCCC1COC(c2ccc(-c3ccc(COC)c(F)c3)cc2)OC1. The zero-order valence-corrected chi connectivity index (χ0v) is 15.1. The molecule has 0 saturated carbocycles. The van der Waals surface area contributed by atoms with Crippen LogP contribution in [0.5, 0.6) is 0 Å². The van der Waals surface area contributed by atoms with E-state index >= 15 is 0 Å². The summed E-state index contributed by atoms with van der Waals surface area (Å²) in [5, 5.41) is 0. The van der Waals surface area contributed by atoms with E-state index in [1.807, 2.05) is 36.4 Å². The Morgan fingerprint density at radius 1 is 1.12 bits per heavy atom. The first kappa shape index (κ1) is 18.8. The molecule has 0 radical (unpaired) electrons. The molecule has 0 bridgehead atoms. The fourth-order valence-corrected chi connectivity index (χ4v) is 3.09. The minimum atomic E-state index is -0.329. The number of hydrogen-bond acceptors (Lipinski definition) is 3. The Hall–Kier alpha value is -2.01. The quantitative estimate of drug-likeness (QED) is 0.633. The highest BCUT2D eigenvalue weighted by Gasteiger charge is 2.23. The van der Waals surface area contributed by atoms with E-state index in [1.54, 1.807) is 19.2 Å². The molecule has 1 saturated heterocycles. The maximum Gasteiger partial charge on any atom is 0.183 e. The monoisotopic (exact) mass is 356 g/mol. The van der Waals surface area contributed by atoms with Gasteiger partial charge >= 0.3 is 0 Å². The Labute approximate surface area is 154 Å². The summed E-state index contributed by atoms with van der Waals surface area (Å²) in [5.74, 6) is 0.176. The molecule has 1 heterocycles. The molecule has 1 fully saturated rings. The van der Waals surface area contributed by atoms with Gasteiger partial charge in [-0.3, -0.25) is 0 Å². The molecule has 1 aliphatic rings. The molecular formula is C22H25FO3. The van der Waals surface area contributed by atoms with Crippen LogP contribution < -0.4 is 0 Å². The van der Waals surface area contributed by atoms with Crippen molar-refractivity contribution in [1.82, 2.24) is 0 Å². The van der Waals surface area contributed by atoms with E-state index in [-0.39, 0.29) is 18.7 Å². The van der Waals surface area contributed by atoms with Gasteiger partial charge in [0.15, 0.2) is 6.29 Å². The van der Waals surface area contributed by atoms with Crippen molar-refractivity contribution >= 4 is 0 Å². The minimum Gasteiger partial charge on any atom is -0.380 e. The number of ether oxygens (including phenoxy) is 3. The number of allylic oxidation sites excluding steroid dienone is 1. The van der Waals surface area contributed by atoms with Gasteiger partial charge in [-0.25, -0.2) is 4.39 Å². The Bertz CT molecular complexity index is 719. The van der Waals surface area contributed by atoms with Gasteiger partial charge in [0, 0.05) is 24.2 Å². The molecule has 3 rings (SSSR count). The predicted octanol–water partition coefficient (Wildman–Crippen LogP) is 5.27. The van der Waals surface area contributed by atoms with Gasteiger partial charge in [-0.2, -0.15) is 0 Å². The fourth-order valence-electron chi connectivity index (χ4n) is 3.09. The third kappa shape index (κ3) is 4.58. The van der Waals surface area contributed by atoms with Crippen LogP contribution >= 0.6 is 0 Å². The smallest absolute Gasteiger partial charge is 0.183 e. The van der Waals surface area contributed by atoms with Crippen LogP contribution in [-0.2, 0) is 20.8 Å². The highest BCUT2D eigenvalue weighted by Crippen LogP contribution is 2.29. The van der Waals surface area contributed by atoms with E-state index in [2.05, 4.69) is 6.58 Å². The standard InChI is InChI=1S/C22H25FO3/c1-3-4-5-16-13-25-22(26-14-16)18-8-6-17(7-9-18)19-10-11-20(15-24-2)21(23)12-19/h3,6-12,16,22H,1,4-5,13-15H2,2H3. The Morgan fingerprint density at radius 3 is 2.42 bits per heavy atom. The molecule has 0 spiro atoms. The van der Waals surface area contributed by atoms with Gasteiger partial charge in [-0.1, -0.05) is 42.5 Å². The predicted molar refractivity (Wildman–Crippen MR) is 100 cm³/mol. The zero-order valence-electron chi connectivity index (χ0n) is 15.1. The van der Waals surface area contributed by atoms with Crippen molar-refractivity contribution in [2.45, 2.75) is 25.7 Å². The van der Waals surface area contributed by atoms with Crippen molar-refractivity contribution in [3.8, 4) is 11.1 Å². The van der Waals surface area contributed by atoms with Gasteiger partial charge in [0.1, 0.15) is 5.82 Å². The van der Waals surface area contributed by atoms with Gasteiger partial charge < -0.3 is 14.2 Å². The van der Waals surface area contributed by atoms with Crippen LogP contribution in [0.2, 0.25) is 0 Å². The summed E-state index contributed by atoms with van der Waals surface area (Å²) >= 11 is 0. The van der Waals surface area contributed by atoms with Crippen LogP contribution in [0.3, 0.4) is 0 Å². The molecule has 3 nitrogen and oxygen atoms in total. The van der Waals surface area contributed by atoms with Crippen LogP contribution in [0, 0.1) is 11.7 Å². The minimum absolute atomic E-state index is 0.252. The van der Waals surface area contributed by atoms with E-state index in [4.69, 9.17) is 14.2 Å². The van der Waals surface area contributed by atoms with Crippen LogP contribution in [0.1, 0.15) is 30.3 Å².